The molecule has 2 aliphatic rings. The van der Waals surface area contributed by atoms with Crippen LogP contribution in [-0.4, -0.2) is 25.2 Å². The van der Waals surface area contributed by atoms with Crippen molar-refractivity contribution in [1.82, 2.24) is 10.6 Å². The molecule has 2 heterocycles. The minimum absolute atomic E-state index is 0.500. The molecular formula is C13H26N2. The molecule has 88 valence electrons. The third-order valence-corrected chi connectivity index (χ3v) is 4.40. The van der Waals surface area contributed by atoms with E-state index in [4.69, 9.17) is 0 Å². The first-order valence-electron chi connectivity index (χ1n) is 6.80. The second-order valence-electron chi connectivity index (χ2n) is 5.42. The van der Waals surface area contributed by atoms with E-state index in [-0.39, 0.29) is 0 Å². The van der Waals surface area contributed by atoms with Crippen molar-refractivity contribution < 1.29 is 0 Å². The summed E-state index contributed by atoms with van der Waals surface area (Å²) in [6.07, 6.45) is 9.75. The van der Waals surface area contributed by atoms with E-state index in [9.17, 15) is 0 Å². The van der Waals surface area contributed by atoms with E-state index in [1.165, 1.54) is 64.6 Å². The zero-order chi connectivity index (χ0) is 10.6. The summed E-state index contributed by atoms with van der Waals surface area (Å²) < 4.78 is 0. The van der Waals surface area contributed by atoms with Gasteiger partial charge in [-0.05, 0) is 64.1 Å². The molecule has 0 saturated carbocycles. The third kappa shape index (κ3) is 2.94. The highest BCUT2D eigenvalue weighted by Gasteiger charge is 2.32. The molecule has 0 aliphatic carbocycles. The number of hydrogen-bond donors (Lipinski definition) is 2. The molecule has 2 fully saturated rings. The summed E-state index contributed by atoms with van der Waals surface area (Å²) in [6.45, 7) is 6.09. The molecule has 2 N–H and O–H groups in total. The van der Waals surface area contributed by atoms with Crippen LogP contribution in [-0.2, 0) is 0 Å². The molecular weight excluding hydrogens is 184 g/mol. The van der Waals surface area contributed by atoms with Gasteiger partial charge in [0.1, 0.15) is 0 Å². The first kappa shape index (κ1) is 11.4. The van der Waals surface area contributed by atoms with Crippen LogP contribution < -0.4 is 10.6 Å². The van der Waals surface area contributed by atoms with Crippen LogP contribution in [0.15, 0.2) is 0 Å². The summed E-state index contributed by atoms with van der Waals surface area (Å²) in [4.78, 5) is 0. The zero-order valence-corrected chi connectivity index (χ0v) is 10.1. The van der Waals surface area contributed by atoms with Gasteiger partial charge in [0.15, 0.2) is 0 Å². The first-order chi connectivity index (χ1) is 7.35. The average molecular weight is 210 g/mol. The molecule has 0 radical (unpaired) electrons. The second kappa shape index (κ2) is 5.31. The van der Waals surface area contributed by atoms with Gasteiger partial charge in [0.25, 0.3) is 0 Å². The van der Waals surface area contributed by atoms with Gasteiger partial charge in [-0.25, -0.2) is 0 Å². The monoisotopic (exact) mass is 210 g/mol. The average Bonchev–Trinajstić information content (AvgIpc) is 2.32. The third-order valence-electron chi connectivity index (χ3n) is 4.40. The topological polar surface area (TPSA) is 24.1 Å². The molecule has 2 aliphatic heterocycles. The van der Waals surface area contributed by atoms with Gasteiger partial charge in [-0.2, -0.15) is 0 Å². The maximum atomic E-state index is 3.81. The predicted molar refractivity (Wildman–Crippen MR) is 65.1 cm³/mol. The summed E-state index contributed by atoms with van der Waals surface area (Å²) in [5.41, 5.74) is 0.500. The molecule has 0 aromatic carbocycles. The predicted octanol–water partition coefficient (Wildman–Crippen LogP) is 2.30. The Morgan fingerprint density at radius 3 is 2.53 bits per heavy atom. The van der Waals surface area contributed by atoms with Gasteiger partial charge in [-0.3, -0.25) is 0 Å². The molecule has 0 aromatic heterocycles. The Balaban J connectivity index is 1.87. The van der Waals surface area contributed by atoms with Gasteiger partial charge in [-0.1, -0.05) is 13.3 Å². The quantitative estimate of drug-likeness (QED) is 0.747. The van der Waals surface area contributed by atoms with Crippen LogP contribution in [0.1, 0.15) is 51.9 Å². The molecule has 2 heteroatoms. The van der Waals surface area contributed by atoms with Crippen LogP contribution in [0.4, 0.5) is 0 Å². The zero-order valence-electron chi connectivity index (χ0n) is 10.1. The largest absolute Gasteiger partial charge is 0.317 e. The minimum atomic E-state index is 0.500. The standard InChI is InChI=1S/C13H26N2/c1-2-13(7-3-4-8-15-13)11-12-5-9-14-10-6-12/h12,14-15H,2-11H2,1H3. The van der Waals surface area contributed by atoms with E-state index in [0.717, 1.165) is 5.92 Å². The molecule has 2 rings (SSSR count). The van der Waals surface area contributed by atoms with Crippen LogP contribution >= 0.6 is 0 Å². The summed E-state index contributed by atoms with van der Waals surface area (Å²) in [7, 11) is 0. The van der Waals surface area contributed by atoms with E-state index in [1.54, 1.807) is 0 Å². The lowest BCUT2D eigenvalue weighted by Crippen LogP contribution is -2.50. The molecule has 0 bridgehead atoms. The molecule has 15 heavy (non-hydrogen) atoms. The highest BCUT2D eigenvalue weighted by Crippen LogP contribution is 2.32. The fourth-order valence-electron chi connectivity index (χ4n) is 3.29. The van der Waals surface area contributed by atoms with Crippen molar-refractivity contribution in [2.45, 2.75) is 57.4 Å². The normalized spacial score (nSPS) is 34.2. The van der Waals surface area contributed by atoms with E-state index < -0.39 is 0 Å². The fraction of sp³-hybridized carbons (Fsp3) is 1.00. The smallest absolute Gasteiger partial charge is 0.0181 e. The molecule has 0 amide bonds. The molecule has 1 atom stereocenters. The Bertz CT molecular complexity index is 179. The van der Waals surface area contributed by atoms with E-state index in [1.807, 2.05) is 0 Å². The van der Waals surface area contributed by atoms with Gasteiger partial charge >= 0.3 is 0 Å². The first-order valence-corrected chi connectivity index (χ1v) is 6.80. The molecule has 2 saturated heterocycles. The summed E-state index contributed by atoms with van der Waals surface area (Å²) >= 11 is 0. The van der Waals surface area contributed by atoms with Gasteiger partial charge < -0.3 is 10.6 Å². The number of rotatable bonds is 3. The summed E-state index contributed by atoms with van der Waals surface area (Å²) in [5, 5.41) is 7.27. The van der Waals surface area contributed by atoms with Gasteiger partial charge in [0, 0.05) is 5.54 Å². The Hall–Kier alpha value is -0.0800. The Morgan fingerprint density at radius 2 is 1.93 bits per heavy atom. The lowest BCUT2D eigenvalue weighted by Gasteiger charge is -2.41. The van der Waals surface area contributed by atoms with Crippen LogP contribution in [0.5, 0.6) is 0 Å². The van der Waals surface area contributed by atoms with Crippen LogP contribution in [0.3, 0.4) is 0 Å². The minimum Gasteiger partial charge on any atom is -0.317 e. The van der Waals surface area contributed by atoms with E-state index >= 15 is 0 Å². The summed E-state index contributed by atoms with van der Waals surface area (Å²) in [6, 6.07) is 0. The maximum absolute atomic E-state index is 3.81. The van der Waals surface area contributed by atoms with Crippen molar-refractivity contribution in [2.75, 3.05) is 19.6 Å². The summed E-state index contributed by atoms with van der Waals surface area (Å²) in [5.74, 6) is 0.969. The SMILES string of the molecule is CCC1(CC2CCNCC2)CCCCN1. The molecule has 0 aromatic rings. The highest BCUT2D eigenvalue weighted by atomic mass is 15.0. The van der Waals surface area contributed by atoms with Crippen LogP contribution in [0.2, 0.25) is 0 Å². The number of hydrogen-bond acceptors (Lipinski definition) is 2. The fourth-order valence-corrected chi connectivity index (χ4v) is 3.29. The van der Waals surface area contributed by atoms with Crippen molar-refractivity contribution >= 4 is 0 Å². The number of nitrogens with one attached hydrogen (secondary N) is 2. The lowest BCUT2D eigenvalue weighted by molar-refractivity contribution is 0.177. The molecule has 2 nitrogen and oxygen atoms in total. The van der Waals surface area contributed by atoms with E-state index in [2.05, 4.69) is 17.6 Å². The van der Waals surface area contributed by atoms with Crippen molar-refractivity contribution in [2.24, 2.45) is 5.92 Å². The lowest BCUT2D eigenvalue weighted by atomic mass is 9.76. The van der Waals surface area contributed by atoms with Gasteiger partial charge in [-0.15, -0.1) is 0 Å². The maximum Gasteiger partial charge on any atom is 0.0181 e. The second-order valence-corrected chi connectivity index (χ2v) is 5.42. The molecule has 0 spiro atoms. The van der Waals surface area contributed by atoms with Crippen molar-refractivity contribution in [3.8, 4) is 0 Å². The van der Waals surface area contributed by atoms with Gasteiger partial charge in [0.2, 0.25) is 0 Å². The van der Waals surface area contributed by atoms with Crippen molar-refractivity contribution in [3.05, 3.63) is 0 Å². The highest BCUT2D eigenvalue weighted by molar-refractivity contribution is 4.92. The Labute approximate surface area is 94.2 Å². The van der Waals surface area contributed by atoms with Crippen LogP contribution in [0, 0.1) is 5.92 Å². The Kier molecular flexibility index (Phi) is 4.04. The van der Waals surface area contributed by atoms with E-state index in [0.29, 0.717) is 5.54 Å². The Morgan fingerprint density at radius 1 is 1.13 bits per heavy atom. The van der Waals surface area contributed by atoms with Gasteiger partial charge in [0.05, 0.1) is 0 Å². The van der Waals surface area contributed by atoms with Crippen molar-refractivity contribution in [3.63, 3.8) is 0 Å². The van der Waals surface area contributed by atoms with Crippen LogP contribution in [0.25, 0.3) is 0 Å². The number of piperidine rings is 2. The van der Waals surface area contributed by atoms with Crippen molar-refractivity contribution in [1.29, 1.82) is 0 Å². The molecule has 1 unspecified atom stereocenters.